The highest BCUT2D eigenvalue weighted by Crippen LogP contribution is 1.82. The third-order valence-corrected chi connectivity index (χ3v) is 0.609. The highest BCUT2D eigenvalue weighted by atomic mass is 35.5. The summed E-state index contributed by atoms with van der Waals surface area (Å²) in [7, 11) is 0. The highest BCUT2D eigenvalue weighted by Gasteiger charge is 1.73. The fourth-order valence-corrected chi connectivity index (χ4v) is 0.298. The van der Waals surface area contributed by atoms with E-state index in [1.807, 2.05) is 0 Å². The van der Waals surface area contributed by atoms with Gasteiger partial charge in [-0.2, -0.15) is 0 Å². The molecule has 1 rings (SSSR count). The second-order valence-electron chi connectivity index (χ2n) is 0.847. The molecule has 0 bridgehead atoms. The van der Waals surface area contributed by atoms with E-state index >= 15 is 0 Å². The van der Waals surface area contributed by atoms with Crippen LogP contribution in [0.15, 0.2) is 12.5 Å². The van der Waals surface area contributed by atoms with Gasteiger partial charge in [0.25, 0.3) is 0 Å². The Balaban J connectivity index is 3.05. The Labute approximate surface area is 40.5 Å². The number of hydrogen-bond donors (Lipinski definition) is 0. The van der Waals surface area contributed by atoms with Gasteiger partial charge >= 0.3 is 0 Å². The third-order valence-electron chi connectivity index (χ3n) is 0.424. The van der Waals surface area contributed by atoms with E-state index in [0.29, 0.717) is 0 Å². The van der Waals surface area contributed by atoms with Crippen LogP contribution in [-0.4, -0.2) is 9.07 Å². The summed E-state index contributed by atoms with van der Waals surface area (Å²) in [6.07, 6.45) is 5.50. The minimum Gasteiger partial charge on any atom is -0.248 e. The van der Waals surface area contributed by atoms with Gasteiger partial charge in [0.2, 0.25) is 0 Å². The van der Waals surface area contributed by atoms with Crippen molar-refractivity contribution in [2.24, 2.45) is 0 Å². The fourth-order valence-electron chi connectivity index (χ4n) is 0.210. The Kier molecular flexibility index (Phi) is 0.801. The van der Waals surface area contributed by atoms with Gasteiger partial charge in [-0.15, -0.1) is 0 Å². The zero-order chi connectivity index (χ0) is 4.41. The predicted octanol–water partition coefficient (Wildman–Crippen LogP) is 0.685. The van der Waals surface area contributed by atoms with Crippen LogP contribution in [0.3, 0.4) is 0 Å². The Morgan fingerprint density at radius 2 is 2.67 bits per heavy atom. The lowest BCUT2D eigenvalue weighted by Gasteiger charge is -1.71. The third kappa shape index (κ3) is 0.518. The zero-order valence-corrected chi connectivity index (χ0v) is 3.68. The minimum atomic E-state index is 1.31. The lowest BCUT2D eigenvalue weighted by molar-refractivity contribution is 1.21. The highest BCUT2D eigenvalue weighted by molar-refractivity contribution is 6.15. The maximum absolute atomic E-state index is 5.28. The summed E-state index contributed by atoms with van der Waals surface area (Å²) in [4.78, 5) is 3.53. The first-order valence-corrected chi connectivity index (χ1v) is 1.79. The molecule has 0 fully saturated rings. The van der Waals surface area contributed by atoms with Gasteiger partial charge in [-0.1, -0.05) is 0 Å². The average molecular weight is 102 g/mol. The molecule has 0 amide bonds. The summed E-state index contributed by atoms with van der Waals surface area (Å²) in [6, 6.07) is 0. The normalized spacial score (nSPS) is 8.83. The van der Waals surface area contributed by atoms with Gasteiger partial charge in [-0.25, -0.2) is 9.07 Å². The molecule has 0 aromatic carbocycles. The van der Waals surface area contributed by atoms with Gasteiger partial charge in [0.05, 0.1) is 6.20 Å². The van der Waals surface area contributed by atoms with Crippen molar-refractivity contribution in [2.75, 3.05) is 0 Å². The first-order valence-electron chi connectivity index (χ1n) is 1.46. The molecular formula is C3H2ClN2. The zero-order valence-electron chi connectivity index (χ0n) is 2.93. The molecule has 31 valence electrons. The quantitative estimate of drug-likeness (QED) is 0.470. The molecule has 3 heteroatoms. The van der Waals surface area contributed by atoms with E-state index < -0.39 is 0 Å². The number of hydrogen-bond acceptors (Lipinski definition) is 1. The fraction of sp³-hybridized carbons (Fsp3) is 0. The molecule has 1 radical (unpaired) electrons. The number of nitrogens with zero attached hydrogens (tertiary/aromatic N) is 2. The van der Waals surface area contributed by atoms with Crippen LogP contribution in [0.25, 0.3) is 0 Å². The summed E-state index contributed by atoms with van der Waals surface area (Å²) in [5.74, 6) is 0. The average Bonchev–Trinajstić information content (AvgIpc) is 1.86. The first-order chi connectivity index (χ1) is 2.89. The molecule has 0 aliphatic carbocycles. The van der Waals surface area contributed by atoms with Crippen LogP contribution in [0.4, 0.5) is 0 Å². The Morgan fingerprint density at radius 3 is 2.83 bits per heavy atom. The lowest BCUT2D eigenvalue weighted by atomic mass is 11.0. The molecule has 0 saturated heterocycles. The molecule has 0 aliphatic heterocycles. The van der Waals surface area contributed by atoms with Gasteiger partial charge in [-0.3, -0.25) is 0 Å². The van der Waals surface area contributed by atoms with Gasteiger partial charge < -0.3 is 0 Å². The maximum atomic E-state index is 5.28. The Hall–Kier alpha value is -0.500. The van der Waals surface area contributed by atoms with E-state index in [-0.39, 0.29) is 0 Å². The SMILES string of the molecule is Cln1c[c]nc1. The minimum absolute atomic E-state index is 1.31. The number of aromatic nitrogens is 2. The Bertz CT molecular complexity index is 112. The molecule has 1 aromatic heterocycles. The molecule has 0 aliphatic rings. The van der Waals surface area contributed by atoms with E-state index in [4.69, 9.17) is 11.8 Å². The van der Waals surface area contributed by atoms with Crippen LogP contribution >= 0.6 is 11.8 Å². The van der Waals surface area contributed by atoms with Crippen molar-refractivity contribution >= 4 is 11.8 Å². The molecule has 0 unspecified atom stereocenters. The van der Waals surface area contributed by atoms with Crippen LogP contribution in [0.5, 0.6) is 0 Å². The molecule has 1 heterocycles. The summed E-state index contributed by atoms with van der Waals surface area (Å²) in [6.45, 7) is 0. The monoisotopic (exact) mass is 101 g/mol. The standard InChI is InChI=1S/C3H2ClN2/c4-6-2-1-5-3-6/h2-3H. The van der Waals surface area contributed by atoms with E-state index in [1.165, 1.54) is 16.6 Å². The van der Waals surface area contributed by atoms with Crippen molar-refractivity contribution in [3.05, 3.63) is 18.7 Å². The molecule has 0 atom stereocenters. The number of imidazole rings is 1. The van der Waals surface area contributed by atoms with Crippen LogP contribution < -0.4 is 0 Å². The summed E-state index contributed by atoms with van der Waals surface area (Å²) < 4.78 is 1.31. The maximum Gasteiger partial charge on any atom is 0.111 e. The second kappa shape index (κ2) is 1.30. The van der Waals surface area contributed by atoms with Crippen LogP contribution in [0, 0.1) is 6.20 Å². The molecule has 0 saturated carbocycles. The van der Waals surface area contributed by atoms with Gasteiger partial charge in [-0.05, 0) is 0 Å². The second-order valence-corrected chi connectivity index (χ2v) is 1.24. The van der Waals surface area contributed by atoms with Crippen molar-refractivity contribution < 1.29 is 0 Å². The van der Waals surface area contributed by atoms with Gasteiger partial charge in [0.15, 0.2) is 0 Å². The van der Waals surface area contributed by atoms with Crippen molar-refractivity contribution in [3.8, 4) is 0 Å². The Morgan fingerprint density at radius 1 is 1.83 bits per heavy atom. The summed E-state index contributed by atoms with van der Waals surface area (Å²) in [5, 5.41) is 0. The lowest BCUT2D eigenvalue weighted by Crippen LogP contribution is -1.64. The number of rotatable bonds is 0. The van der Waals surface area contributed by atoms with Crippen molar-refractivity contribution in [3.63, 3.8) is 0 Å². The molecular weight excluding hydrogens is 99.5 g/mol. The van der Waals surface area contributed by atoms with Crippen molar-refractivity contribution in [1.29, 1.82) is 0 Å². The first kappa shape index (κ1) is 3.68. The van der Waals surface area contributed by atoms with E-state index in [2.05, 4.69) is 11.2 Å². The van der Waals surface area contributed by atoms with Crippen molar-refractivity contribution in [2.45, 2.75) is 0 Å². The molecule has 6 heavy (non-hydrogen) atoms. The molecule has 2 nitrogen and oxygen atoms in total. The van der Waals surface area contributed by atoms with Crippen LogP contribution in [0.1, 0.15) is 0 Å². The topological polar surface area (TPSA) is 17.8 Å². The molecule has 0 N–H and O–H groups in total. The molecule has 0 spiro atoms. The van der Waals surface area contributed by atoms with Gasteiger partial charge in [0, 0.05) is 11.8 Å². The smallest absolute Gasteiger partial charge is 0.111 e. The van der Waals surface area contributed by atoms with Crippen LogP contribution in [0.2, 0.25) is 0 Å². The number of halogens is 1. The van der Waals surface area contributed by atoms with Crippen molar-refractivity contribution in [1.82, 2.24) is 9.07 Å². The van der Waals surface area contributed by atoms with E-state index in [0.717, 1.165) is 0 Å². The summed E-state index contributed by atoms with van der Waals surface area (Å²) in [5.41, 5.74) is 0. The van der Waals surface area contributed by atoms with Crippen LogP contribution in [-0.2, 0) is 0 Å². The predicted molar refractivity (Wildman–Crippen MR) is 22.3 cm³/mol. The molecule has 1 aromatic rings. The van der Waals surface area contributed by atoms with E-state index in [9.17, 15) is 0 Å². The van der Waals surface area contributed by atoms with Gasteiger partial charge in [0.1, 0.15) is 12.5 Å². The largest absolute Gasteiger partial charge is 0.248 e. The summed E-state index contributed by atoms with van der Waals surface area (Å²) >= 11 is 5.28. The van der Waals surface area contributed by atoms with E-state index in [1.54, 1.807) is 0 Å².